The topological polar surface area (TPSA) is 87.0 Å². The van der Waals surface area contributed by atoms with Gasteiger partial charge in [-0.05, 0) is 106 Å². The van der Waals surface area contributed by atoms with Gasteiger partial charge in [-0.3, -0.25) is 19.7 Å². The summed E-state index contributed by atoms with van der Waals surface area (Å²) in [5.74, 6) is -0.173. The van der Waals surface area contributed by atoms with Crippen LogP contribution in [-0.4, -0.2) is 65.8 Å². The maximum absolute atomic E-state index is 13.9. The Hall–Kier alpha value is -3.53. The van der Waals surface area contributed by atoms with Crippen molar-refractivity contribution in [2.45, 2.75) is 38.5 Å². The molecule has 0 radical (unpaired) electrons. The van der Waals surface area contributed by atoms with Gasteiger partial charge in [0.1, 0.15) is 5.82 Å². The molecule has 11 heteroatoms. The number of halogens is 3. The van der Waals surface area contributed by atoms with E-state index in [4.69, 9.17) is 23.2 Å². The van der Waals surface area contributed by atoms with Gasteiger partial charge in [-0.2, -0.15) is 0 Å². The highest BCUT2D eigenvalue weighted by Crippen LogP contribution is 2.31. The molecule has 45 heavy (non-hydrogen) atoms. The molecule has 2 amide bonds. The number of likely N-dealkylation sites (tertiary alicyclic amines) is 2. The van der Waals surface area contributed by atoms with Crippen molar-refractivity contribution in [1.82, 2.24) is 9.80 Å². The van der Waals surface area contributed by atoms with Gasteiger partial charge in [0.25, 0.3) is 11.6 Å². The van der Waals surface area contributed by atoms with Crippen LogP contribution in [0.25, 0.3) is 0 Å². The number of amides is 2. The fourth-order valence-corrected chi connectivity index (χ4v) is 6.62. The number of non-ortho nitro benzene ring substituents is 1. The van der Waals surface area contributed by atoms with Crippen LogP contribution in [0.1, 0.15) is 48.0 Å². The number of rotatable bonds is 10. The third-order valence-corrected chi connectivity index (χ3v) is 9.66. The van der Waals surface area contributed by atoms with Crippen LogP contribution in [-0.2, 0) is 11.2 Å². The molecule has 3 aromatic rings. The predicted molar refractivity (Wildman–Crippen MR) is 174 cm³/mol. The monoisotopic (exact) mass is 654 g/mol. The van der Waals surface area contributed by atoms with E-state index in [0.29, 0.717) is 54.1 Å². The van der Waals surface area contributed by atoms with Gasteiger partial charge in [0.2, 0.25) is 5.91 Å². The van der Waals surface area contributed by atoms with Crippen LogP contribution >= 0.6 is 23.2 Å². The maximum atomic E-state index is 13.9. The summed E-state index contributed by atoms with van der Waals surface area (Å²) < 4.78 is 13.3. The normalized spacial score (nSPS) is 16.5. The molecule has 0 saturated carbocycles. The van der Waals surface area contributed by atoms with Crippen molar-refractivity contribution < 1.29 is 18.9 Å². The minimum Gasteiger partial charge on any atom is -0.339 e. The Balaban J connectivity index is 1.16. The van der Waals surface area contributed by atoms with Gasteiger partial charge in [0.05, 0.1) is 15.0 Å². The highest BCUT2D eigenvalue weighted by Gasteiger charge is 2.32. The van der Waals surface area contributed by atoms with E-state index >= 15 is 0 Å². The van der Waals surface area contributed by atoms with Gasteiger partial charge >= 0.3 is 0 Å². The van der Waals surface area contributed by atoms with Crippen LogP contribution < -0.4 is 4.90 Å². The molecular formula is C34H37Cl2FN4O4. The van der Waals surface area contributed by atoms with E-state index in [0.717, 1.165) is 45.3 Å². The number of nitrogens with zero attached hydrogens (tertiary/aromatic N) is 4. The Morgan fingerprint density at radius 2 is 1.62 bits per heavy atom. The van der Waals surface area contributed by atoms with Crippen molar-refractivity contribution in [1.29, 1.82) is 0 Å². The van der Waals surface area contributed by atoms with Crippen LogP contribution in [0, 0.1) is 27.8 Å². The second kappa shape index (κ2) is 15.2. The first-order valence-electron chi connectivity index (χ1n) is 15.4. The maximum Gasteiger partial charge on any atom is 0.270 e. The fourth-order valence-electron chi connectivity index (χ4n) is 6.32. The summed E-state index contributed by atoms with van der Waals surface area (Å²) in [7, 11) is 0. The standard InChI is InChI=1S/C34H37Cl2FN4O4/c35-31-10-9-29(23-32(31)36)40(16-2-15-38-17-11-25(12-18-38)21-24-5-7-28(37)8-6-24)34(43)26-13-19-39(20-14-26)33(42)27-3-1-4-30(22-27)41(44)45/h1,3-10,22-23,25-26H,2,11-21H2. The molecule has 0 spiro atoms. The summed E-state index contributed by atoms with van der Waals surface area (Å²) >= 11 is 12.5. The summed E-state index contributed by atoms with van der Waals surface area (Å²) in [6, 6.07) is 17.8. The summed E-state index contributed by atoms with van der Waals surface area (Å²) in [6.45, 7) is 4.15. The molecule has 2 aliphatic rings. The Morgan fingerprint density at radius 1 is 0.911 bits per heavy atom. The van der Waals surface area contributed by atoms with E-state index in [1.165, 1.54) is 35.9 Å². The molecule has 0 aromatic heterocycles. The van der Waals surface area contributed by atoms with Gasteiger partial charge < -0.3 is 14.7 Å². The number of anilines is 1. The Bertz CT molecular complexity index is 1510. The van der Waals surface area contributed by atoms with Crippen LogP contribution in [0.4, 0.5) is 15.8 Å². The minimum absolute atomic E-state index is 0.00570. The molecule has 0 unspecified atom stereocenters. The van der Waals surface area contributed by atoms with Gasteiger partial charge in [-0.15, -0.1) is 0 Å². The first kappa shape index (κ1) is 32.9. The number of hydrogen-bond donors (Lipinski definition) is 0. The van der Waals surface area contributed by atoms with Crippen LogP contribution in [0.3, 0.4) is 0 Å². The molecule has 3 aromatic carbocycles. The lowest BCUT2D eigenvalue weighted by atomic mass is 9.90. The number of carbonyl (C=O) groups excluding carboxylic acids is 2. The predicted octanol–water partition coefficient (Wildman–Crippen LogP) is 7.27. The summed E-state index contributed by atoms with van der Waals surface area (Å²) in [4.78, 5) is 43.5. The second-order valence-corrected chi connectivity index (χ2v) is 12.7. The van der Waals surface area contributed by atoms with Gasteiger partial charge in [0, 0.05) is 48.9 Å². The number of carbonyl (C=O) groups is 2. The van der Waals surface area contributed by atoms with Crippen molar-refractivity contribution in [2.75, 3.05) is 44.2 Å². The second-order valence-electron chi connectivity index (χ2n) is 11.9. The number of nitro groups is 1. The molecule has 238 valence electrons. The molecule has 2 fully saturated rings. The number of hydrogen-bond acceptors (Lipinski definition) is 5. The molecule has 8 nitrogen and oxygen atoms in total. The Kier molecular flexibility index (Phi) is 11.1. The third-order valence-electron chi connectivity index (χ3n) is 8.92. The van der Waals surface area contributed by atoms with Gasteiger partial charge in [-0.25, -0.2) is 4.39 Å². The minimum atomic E-state index is -0.516. The average molecular weight is 656 g/mol. The van der Waals surface area contributed by atoms with E-state index in [1.807, 2.05) is 18.2 Å². The van der Waals surface area contributed by atoms with Crippen LogP contribution in [0.15, 0.2) is 66.7 Å². The molecule has 0 bridgehead atoms. The average Bonchev–Trinajstić information content (AvgIpc) is 3.06. The zero-order valence-corrected chi connectivity index (χ0v) is 26.6. The van der Waals surface area contributed by atoms with Gasteiger partial charge in [0.15, 0.2) is 0 Å². The van der Waals surface area contributed by atoms with Crippen molar-refractivity contribution >= 4 is 46.4 Å². The molecule has 0 atom stereocenters. The fraction of sp³-hybridized carbons (Fsp3) is 0.412. The lowest BCUT2D eigenvalue weighted by Gasteiger charge is -2.35. The smallest absolute Gasteiger partial charge is 0.270 e. The lowest BCUT2D eigenvalue weighted by molar-refractivity contribution is -0.384. The zero-order chi connectivity index (χ0) is 31.9. The van der Waals surface area contributed by atoms with E-state index in [2.05, 4.69) is 4.90 Å². The molecule has 0 N–H and O–H groups in total. The van der Waals surface area contributed by atoms with Gasteiger partial charge in [-0.1, -0.05) is 41.4 Å². The number of nitro benzene ring substituents is 1. The van der Waals surface area contributed by atoms with E-state index < -0.39 is 4.92 Å². The third kappa shape index (κ3) is 8.60. The van der Waals surface area contributed by atoms with Crippen LogP contribution in [0.5, 0.6) is 0 Å². The van der Waals surface area contributed by atoms with Crippen molar-refractivity contribution in [3.63, 3.8) is 0 Å². The van der Waals surface area contributed by atoms with Crippen molar-refractivity contribution in [3.05, 3.63) is 104 Å². The van der Waals surface area contributed by atoms with Crippen molar-refractivity contribution in [3.8, 4) is 0 Å². The number of piperidine rings is 2. The molecule has 0 aliphatic carbocycles. The molecular weight excluding hydrogens is 618 g/mol. The summed E-state index contributed by atoms with van der Waals surface area (Å²) in [5.41, 5.74) is 2.01. The van der Waals surface area contributed by atoms with Crippen LogP contribution in [0.2, 0.25) is 10.0 Å². The van der Waals surface area contributed by atoms with E-state index in [9.17, 15) is 24.1 Å². The molecule has 2 heterocycles. The number of benzene rings is 3. The lowest BCUT2D eigenvalue weighted by Crippen LogP contribution is -2.45. The quantitative estimate of drug-likeness (QED) is 0.169. The summed E-state index contributed by atoms with van der Waals surface area (Å²) in [6.07, 6.45) is 4.92. The first-order chi connectivity index (χ1) is 21.7. The largest absolute Gasteiger partial charge is 0.339 e. The van der Waals surface area contributed by atoms with E-state index in [-0.39, 0.29) is 34.8 Å². The molecule has 2 aliphatic heterocycles. The molecule has 2 saturated heterocycles. The van der Waals surface area contributed by atoms with Crippen molar-refractivity contribution in [2.24, 2.45) is 11.8 Å². The summed E-state index contributed by atoms with van der Waals surface area (Å²) in [5, 5.41) is 12.0. The van der Waals surface area contributed by atoms with E-state index in [1.54, 1.807) is 28.0 Å². The Labute approximate surface area is 272 Å². The zero-order valence-electron chi connectivity index (χ0n) is 25.0. The highest BCUT2D eigenvalue weighted by atomic mass is 35.5. The highest BCUT2D eigenvalue weighted by molar-refractivity contribution is 6.42. The molecule has 5 rings (SSSR count). The SMILES string of the molecule is O=C(c1cccc([N+](=O)[O-])c1)N1CCC(C(=O)N(CCCN2CCC(Cc3ccc(F)cc3)CC2)c2ccc(Cl)c(Cl)c2)CC1. The Morgan fingerprint density at radius 3 is 2.29 bits per heavy atom. The first-order valence-corrected chi connectivity index (χ1v) is 16.2.